The third kappa shape index (κ3) is 5.59. The van der Waals surface area contributed by atoms with Crippen molar-refractivity contribution < 1.29 is 35.9 Å². The first kappa shape index (κ1) is 24.0. The van der Waals surface area contributed by atoms with Gasteiger partial charge < -0.3 is 10.1 Å². The minimum atomic E-state index is -4.63. The SMILES string of the molecule is O=C(COC(=O)c1cccc(S(=O)(=O)N2CCCC2)c1)Nc1cc(C(F)(F)F)ccc1Cl. The summed E-state index contributed by atoms with van der Waals surface area (Å²) in [6.07, 6.45) is -3.12. The summed E-state index contributed by atoms with van der Waals surface area (Å²) in [6, 6.07) is 7.62. The Morgan fingerprint density at radius 3 is 2.44 bits per heavy atom. The number of sulfonamides is 1. The zero-order valence-electron chi connectivity index (χ0n) is 16.5. The minimum Gasteiger partial charge on any atom is -0.452 e. The van der Waals surface area contributed by atoms with E-state index in [2.05, 4.69) is 5.32 Å². The third-order valence-corrected chi connectivity index (χ3v) is 6.90. The number of carbonyl (C=O) groups is 2. The molecule has 32 heavy (non-hydrogen) atoms. The van der Waals surface area contributed by atoms with E-state index in [0.717, 1.165) is 31.0 Å². The molecule has 7 nitrogen and oxygen atoms in total. The lowest BCUT2D eigenvalue weighted by atomic mass is 10.2. The van der Waals surface area contributed by atoms with Crippen LogP contribution >= 0.6 is 11.6 Å². The van der Waals surface area contributed by atoms with E-state index < -0.39 is 40.2 Å². The molecule has 1 saturated heterocycles. The van der Waals surface area contributed by atoms with Gasteiger partial charge in [-0.2, -0.15) is 17.5 Å². The maximum atomic E-state index is 12.8. The smallest absolute Gasteiger partial charge is 0.416 e. The molecule has 1 heterocycles. The Balaban J connectivity index is 1.64. The number of hydrogen-bond donors (Lipinski definition) is 1. The van der Waals surface area contributed by atoms with Crippen molar-refractivity contribution in [2.24, 2.45) is 0 Å². The molecular formula is C20H18ClF3N2O5S. The third-order valence-electron chi connectivity index (χ3n) is 4.67. The molecule has 0 aliphatic carbocycles. The van der Waals surface area contributed by atoms with E-state index in [4.69, 9.17) is 16.3 Å². The van der Waals surface area contributed by atoms with Gasteiger partial charge in [0.25, 0.3) is 5.91 Å². The fourth-order valence-electron chi connectivity index (χ4n) is 3.06. The van der Waals surface area contributed by atoms with Crippen molar-refractivity contribution in [2.75, 3.05) is 25.0 Å². The summed E-state index contributed by atoms with van der Waals surface area (Å²) in [5.41, 5.74) is -1.39. The van der Waals surface area contributed by atoms with Crippen LogP contribution in [0.5, 0.6) is 0 Å². The lowest BCUT2D eigenvalue weighted by Gasteiger charge is -2.16. The molecule has 2 aromatic carbocycles. The number of alkyl halides is 3. The van der Waals surface area contributed by atoms with Gasteiger partial charge in [0, 0.05) is 13.1 Å². The van der Waals surface area contributed by atoms with E-state index in [0.29, 0.717) is 19.2 Å². The summed E-state index contributed by atoms with van der Waals surface area (Å²) >= 11 is 5.81. The molecule has 1 aliphatic rings. The average molecular weight is 491 g/mol. The lowest BCUT2D eigenvalue weighted by molar-refractivity contribution is -0.137. The van der Waals surface area contributed by atoms with E-state index in [1.807, 2.05) is 0 Å². The number of halogens is 4. The maximum Gasteiger partial charge on any atom is 0.416 e. The molecular weight excluding hydrogens is 473 g/mol. The van der Waals surface area contributed by atoms with Crippen LogP contribution < -0.4 is 5.32 Å². The molecule has 0 atom stereocenters. The maximum absolute atomic E-state index is 12.8. The monoisotopic (exact) mass is 490 g/mol. The van der Waals surface area contributed by atoms with Crippen LogP contribution in [0.2, 0.25) is 5.02 Å². The standard InChI is InChI=1S/C20H18ClF3N2O5S/c21-16-7-6-14(20(22,23)24)11-17(16)25-18(27)12-31-19(28)13-4-3-5-15(10-13)32(29,30)26-8-1-2-9-26/h3-7,10-11H,1-2,8-9,12H2,(H,25,27). The highest BCUT2D eigenvalue weighted by atomic mass is 35.5. The van der Waals surface area contributed by atoms with Crippen LogP contribution in [-0.2, 0) is 25.7 Å². The van der Waals surface area contributed by atoms with Gasteiger partial charge in [0.05, 0.1) is 26.7 Å². The molecule has 0 saturated carbocycles. The van der Waals surface area contributed by atoms with Gasteiger partial charge in [-0.1, -0.05) is 17.7 Å². The molecule has 0 radical (unpaired) electrons. The van der Waals surface area contributed by atoms with Crippen LogP contribution in [-0.4, -0.2) is 44.3 Å². The van der Waals surface area contributed by atoms with Crippen LogP contribution in [0.15, 0.2) is 47.4 Å². The fourth-order valence-corrected chi connectivity index (χ4v) is 4.79. The van der Waals surface area contributed by atoms with Crippen molar-refractivity contribution in [1.29, 1.82) is 0 Å². The van der Waals surface area contributed by atoms with Crippen molar-refractivity contribution in [1.82, 2.24) is 4.31 Å². The van der Waals surface area contributed by atoms with Gasteiger partial charge in [0.2, 0.25) is 10.0 Å². The summed E-state index contributed by atoms with van der Waals surface area (Å²) in [5.74, 6) is -1.88. The quantitative estimate of drug-likeness (QED) is 0.619. The number of ether oxygens (including phenoxy) is 1. The molecule has 1 fully saturated rings. The highest BCUT2D eigenvalue weighted by Gasteiger charge is 2.31. The number of esters is 1. The van der Waals surface area contributed by atoms with E-state index in [1.54, 1.807) is 0 Å². The van der Waals surface area contributed by atoms with Crippen molar-refractivity contribution in [3.63, 3.8) is 0 Å². The number of nitrogens with zero attached hydrogens (tertiary/aromatic N) is 1. The van der Waals surface area contributed by atoms with Crippen LogP contribution in [0.4, 0.5) is 18.9 Å². The Hall–Kier alpha value is -2.63. The van der Waals surface area contributed by atoms with Crippen molar-refractivity contribution in [2.45, 2.75) is 23.9 Å². The predicted octanol–water partition coefficient (Wildman–Crippen LogP) is 3.94. The van der Waals surface area contributed by atoms with Gasteiger partial charge in [-0.05, 0) is 49.2 Å². The van der Waals surface area contributed by atoms with Gasteiger partial charge in [0.15, 0.2) is 6.61 Å². The second kappa shape index (κ2) is 9.47. The highest BCUT2D eigenvalue weighted by Crippen LogP contribution is 2.33. The summed E-state index contributed by atoms with van der Waals surface area (Å²) in [4.78, 5) is 24.2. The average Bonchev–Trinajstić information content (AvgIpc) is 3.29. The van der Waals surface area contributed by atoms with E-state index >= 15 is 0 Å². The van der Waals surface area contributed by atoms with Gasteiger partial charge in [-0.15, -0.1) is 0 Å². The molecule has 0 aromatic heterocycles. The van der Waals surface area contributed by atoms with Gasteiger partial charge in [-0.25, -0.2) is 13.2 Å². The Bertz CT molecular complexity index is 1130. The molecule has 0 unspecified atom stereocenters. The Morgan fingerprint density at radius 1 is 1.09 bits per heavy atom. The van der Waals surface area contributed by atoms with Crippen LogP contribution in [0.1, 0.15) is 28.8 Å². The van der Waals surface area contributed by atoms with Crippen molar-refractivity contribution >= 4 is 39.2 Å². The Labute approximate surface area is 187 Å². The molecule has 1 amide bonds. The first-order chi connectivity index (χ1) is 15.0. The predicted molar refractivity (Wildman–Crippen MR) is 110 cm³/mol. The summed E-state index contributed by atoms with van der Waals surface area (Å²) < 4.78 is 69.9. The van der Waals surface area contributed by atoms with E-state index in [1.165, 1.54) is 22.5 Å². The number of benzene rings is 2. The van der Waals surface area contributed by atoms with Crippen LogP contribution in [0.25, 0.3) is 0 Å². The molecule has 12 heteroatoms. The van der Waals surface area contributed by atoms with Crippen LogP contribution in [0, 0.1) is 0 Å². The second-order valence-corrected chi connectivity index (χ2v) is 9.30. The molecule has 1 N–H and O–H groups in total. The van der Waals surface area contributed by atoms with Crippen LogP contribution in [0.3, 0.4) is 0 Å². The molecule has 0 bridgehead atoms. The number of amides is 1. The topological polar surface area (TPSA) is 92.8 Å². The number of nitrogens with one attached hydrogen (secondary N) is 1. The van der Waals surface area contributed by atoms with Gasteiger partial charge in [-0.3, -0.25) is 4.79 Å². The molecule has 172 valence electrons. The number of rotatable bonds is 6. The lowest BCUT2D eigenvalue weighted by Crippen LogP contribution is -2.28. The minimum absolute atomic E-state index is 0.0750. The summed E-state index contributed by atoms with van der Waals surface area (Å²) in [7, 11) is -3.75. The largest absolute Gasteiger partial charge is 0.452 e. The van der Waals surface area contributed by atoms with E-state index in [9.17, 15) is 31.2 Å². The molecule has 2 aromatic rings. The Kier molecular flexibility index (Phi) is 7.11. The molecule has 0 spiro atoms. The molecule has 3 rings (SSSR count). The zero-order valence-corrected chi connectivity index (χ0v) is 18.1. The highest BCUT2D eigenvalue weighted by molar-refractivity contribution is 7.89. The summed E-state index contributed by atoms with van der Waals surface area (Å²) in [5, 5.41) is 2.02. The zero-order chi connectivity index (χ0) is 23.5. The summed E-state index contributed by atoms with van der Waals surface area (Å²) in [6.45, 7) is -0.0148. The first-order valence-corrected chi connectivity index (χ1v) is 11.2. The fraction of sp³-hybridized carbons (Fsp3) is 0.300. The normalized spacial score (nSPS) is 14.9. The number of anilines is 1. The Morgan fingerprint density at radius 2 is 1.78 bits per heavy atom. The number of hydrogen-bond acceptors (Lipinski definition) is 5. The number of carbonyl (C=O) groups excluding carboxylic acids is 2. The van der Waals surface area contributed by atoms with Crippen molar-refractivity contribution in [3.8, 4) is 0 Å². The first-order valence-electron chi connectivity index (χ1n) is 9.42. The van der Waals surface area contributed by atoms with Gasteiger partial charge in [0.1, 0.15) is 0 Å². The van der Waals surface area contributed by atoms with E-state index in [-0.39, 0.29) is 21.2 Å². The second-order valence-electron chi connectivity index (χ2n) is 6.96. The van der Waals surface area contributed by atoms with Crippen molar-refractivity contribution in [3.05, 3.63) is 58.6 Å². The molecule has 1 aliphatic heterocycles. The van der Waals surface area contributed by atoms with Gasteiger partial charge >= 0.3 is 12.1 Å².